The Morgan fingerprint density at radius 3 is 2.24 bits per heavy atom. The summed E-state index contributed by atoms with van der Waals surface area (Å²) >= 11 is 11.4. The lowest BCUT2D eigenvalue weighted by molar-refractivity contribution is 0.0926. The monoisotopic (exact) mass is 324 g/mol. The van der Waals surface area contributed by atoms with Gasteiger partial charge in [0.25, 0.3) is 11.8 Å². The van der Waals surface area contributed by atoms with Crippen LogP contribution < -0.4 is 10.6 Å². The van der Waals surface area contributed by atoms with Crippen molar-refractivity contribution in [1.29, 1.82) is 0 Å². The first-order valence-corrected chi connectivity index (χ1v) is 6.59. The van der Waals surface area contributed by atoms with Gasteiger partial charge in [0.15, 0.2) is 5.82 Å². The first-order valence-electron chi connectivity index (χ1n) is 5.83. The van der Waals surface area contributed by atoms with Crippen molar-refractivity contribution in [2.24, 2.45) is 0 Å². The number of imide groups is 1. The number of benzene rings is 2. The van der Waals surface area contributed by atoms with E-state index in [1.807, 2.05) is 0 Å². The van der Waals surface area contributed by atoms with Gasteiger partial charge in [-0.3, -0.25) is 9.59 Å². The van der Waals surface area contributed by atoms with Crippen molar-refractivity contribution in [2.45, 2.75) is 0 Å². The van der Waals surface area contributed by atoms with Gasteiger partial charge >= 0.3 is 0 Å². The van der Waals surface area contributed by atoms with E-state index in [0.717, 1.165) is 4.90 Å². The Morgan fingerprint density at radius 1 is 1.05 bits per heavy atom. The second-order valence-electron chi connectivity index (χ2n) is 4.44. The van der Waals surface area contributed by atoms with Crippen LogP contribution in [0.5, 0.6) is 0 Å². The first-order chi connectivity index (χ1) is 9.91. The lowest BCUT2D eigenvalue weighted by Crippen LogP contribution is -2.29. The molecule has 0 aromatic heterocycles. The van der Waals surface area contributed by atoms with Crippen molar-refractivity contribution in [1.82, 2.24) is 0 Å². The van der Waals surface area contributed by atoms with Crippen LogP contribution in [0.25, 0.3) is 0 Å². The van der Waals surface area contributed by atoms with Gasteiger partial charge in [-0.15, -0.1) is 0 Å². The highest BCUT2D eigenvalue weighted by Crippen LogP contribution is 2.35. The highest BCUT2D eigenvalue weighted by molar-refractivity contribution is 6.38. The number of hydrogen-bond acceptors (Lipinski definition) is 3. The molecule has 0 saturated carbocycles. The third-order valence-corrected chi connectivity index (χ3v) is 3.72. The van der Waals surface area contributed by atoms with Gasteiger partial charge in [0.2, 0.25) is 0 Å². The van der Waals surface area contributed by atoms with Gasteiger partial charge < -0.3 is 5.73 Å². The summed E-state index contributed by atoms with van der Waals surface area (Å²) in [5, 5.41) is -0.552. The number of nitrogen functional groups attached to an aromatic ring is 1. The fraction of sp³-hybridized carbons (Fsp3) is 0. The molecule has 0 unspecified atom stereocenters. The second kappa shape index (κ2) is 4.72. The Hall–Kier alpha value is -2.11. The minimum Gasteiger partial charge on any atom is -0.398 e. The molecule has 2 amide bonds. The fourth-order valence-electron chi connectivity index (χ4n) is 2.22. The Kier molecular flexibility index (Phi) is 3.11. The maximum Gasteiger partial charge on any atom is 0.268 e. The van der Waals surface area contributed by atoms with Crippen LogP contribution in [0.1, 0.15) is 20.7 Å². The van der Waals surface area contributed by atoms with Crippen LogP contribution in [0.4, 0.5) is 15.8 Å². The topological polar surface area (TPSA) is 63.4 Å². The molecule has 0 radical (unpaired) electrons. The van der Waals surface area contributed by atoms with E-state index in [0.29, 0.717) is 0 Å². The molecule has 1 heterocycles. The van der Waals surface area contributed by atoms with Crippen LogP contribution in [0.2, 0.25) is 10.0 Å². The molecule has 21 heavy (non-hydrogen) atoms. The second-order valence-corrected chi connectivity index (χ2v) is 5.25. The number of amides is 2. The van der Waals surface area contributed by atoms with Gasteiger partial charge in [0.1, 0.15) is 0 Å². The molecule has 0 saturated heterocycles. The SMILES string of the molecule is Nc1cccc2c1C(=O)N(c1cc(Cl)c(F)c(Cl)c1)C2=O. The molecule has 7 heteroatoms. The van der Waals surface area contributed by atoms with E-state index in [2.05, 4.69) is 0 Å². The summed E-state index contributed by atoms with van der Waals surface area (Å²) in [6, 6.07) is 6.94. The van der Waals surface area contributed by atoms with Crippen LogP contribution in [-0.2, 0) is 0 Å². The molecule has 0 bridgehead atoms. The van der Waals surface area contributed by atoms with E-state index in [-0.39, 0.29) is 32.5 Å². The van der Waals surface area contributed by atoms with E-state index < -0.39 is 17.6 Å². The summed E-state index contributed by atoms with van der Waals surface area (Å²) in [7, 11) is 0. The Morgan fingerprint density at radius 2 is 1.67 bits per heavy atom. The zero-order valence-corrected chi connectivity index (χ0v) is 11.9. The fourth-order valence-corrected chi connectivity index (χ4v) is 2.69. The molecule has 2 N–H and O–H groups in total. The normalized spacial score (nSPS) is 13.8. The molecule has 2 aromatic rings. The number of carbonyl (C=O) groups excluding carboxylic acids is 2. The number of fused-ring (bicyclic) bond motifs is 1. The largest absolute Gasteiger partial charge is 0.398 e. The smallest absolute Gasteiger partial charge is 0.268 e. The Labute approximate surface area is 128 Å². The number of rotatable bonds is 1. The minimum atomic E-state index is -0.807. The van der Waals surface area contributed by atoms with Crippen molar-refractivity contribution in [3.63, 3.8) is 0 Å². The molecule has 1 aliphatic rings. The number of anilines is 2. The van der Waals surface area contributed by atoms with Gasteiger partial charge in [0, 0.05) is 5.69 Å². The van der Waals surface area contributed by atoms with Crippen LogP contribution >= 0.6 is 23.2 Å². The van der Waals surface area contributed by atoms with Crippen LogP contribution in [0, 0.1) is 5.82 Å². The van der Waals surface area contributed by atoms with E-state index in [1.165, 1.54) is 24.3 Å². The van der Waals surface area contributed by atoms with Gasteiger partial charge in [-0.05, 0) is 24.3 Å². The van der Waals surface area contributed by atoms with Gasteiger partial charge in [-0.25, -0.2) is 9.29 Å². The zero-order valence-electron chi connectivity index (χ0n) is 10.4. The maximum atomic E-state index is 13.4. The predicted octanol–water partition coefficient (Wildman–Crippen LogP) is 3.52. The lowest BCUT2D eigenvalue weighted by Gasteiger charge is -2.15. The molecule has 0 atom stereocenters. The first kappa shape index (κ1) is 13.9. The van der Waals surface area contributed by atoms with Gasteiger partial charge in [-0.1, -0.05) is 29.3 Å². The molecular formula is C14H7Cl2FN2O2. The highest BCUT2D eigenvalue weighted by Gasteiger charge is 2.38. The van der Waals surface area contributed by atoms with Crippen LogP contribution in [0.3, 0.4) is 0 Å². The number of hydrogen-bond donors (Lipinski definition) is 1. The van der Waals surface area contributed by atoms with Crippen LogP contribution in [-0.4, -0.2) is 11.8 Å². The number of carbonyl (C=O) groups is 2. The molecule has 0 fully saturated rings. The quantitative estimate of drug-likeness (QED) is 0.496. The molecule has 106 valence electrons. The molecule has 3 rings (SSSR count). The van der Waals surface area contributed by atoms with Crippen molar-refractivity contribution >= 4 is 46.4 Å². The van der Waals surface area contributed by atoms with Crippen molar-refractivity contribution < 1.29 is 14.0 Å². The summed E-state index contributed by atoms with van der Waals surface area (Å²) < 4.78 is 13.4. The molecule has 0 aliphatic carbocycles. The molecule has 2 aromatic carbocycles. The zero-order chi connectivity index (χ0) is 15.3. The Bertz CT molecular complexity index is 785. The summed E-state index contributed by atoms with van der Waals surface area (Å²) in [5.74, 6) is -1.95. The van der Waals surface area contributed by atoms with Crippen LogP contribution in [0.15, 0.2) is 30.3 Å². The Balaban J connectivity index is 2.17. The average molecular weight is 325 g/mol. The van der Waals surface area contributed by atoms with Gasteiger partial charge in [-0.2, -0.15) is 0 Å². The van der Waals surface area contributed by atoms with Crippen molar-refractivity contribution in [3.05, 3.63) is 57.3 Å². The predicted molar refractivity (Wildman–Crippen MR) is 78.4 cm³/mol. The molecule has 0 spiro atoms. The lowest BCUT2D eigenvalue weighted by atomic mass is 10.1. The third kappa shape index (κ3) is 1.97. The van der Waals surface area contributed by atoms with Crippen molar-refractivity contribution in [3.8, 4) is 0 Å². The van der Waals surface area contributed by atoms with Gasteiger partial charge in [0.05, 0.1) is 26.9 Å². The van der Waals surface area contributed by atoms with E-state index in [9.17, 15) is 14.0 Å². The minimum absolute atomic E-state index is 0.0944. The summed E-state index contributed by atoms with van der Waals surface area (Å²) in [6.45, 7) is 0. The van der Waals surface area contributed by atoms with E-state index >= 15 is 0 Å². The maximum absolute atomic E-state index is 13.4. The van der Waals surface area contributed by atoms with E-state index in [1.54, 1.807) is 6.07 Å². The summed E-state index contributed by atoms with van der Waals surface area (Å²) in [6.07, 6.45) is 0. The average Bonchev–Trinajstić information content (AvgIpc) is 2.69. The number of nitrogens with two attached hydrogens (primary N) is 1. The van der Waals surface area contributed by atoms with Crippen molar-refractivity contribution in [2.75, 3.05) is 10.6 Å². The molecule has 1 aliphatic heterocycles. The summed E-state index contributed by atoms with van der Waals surface area (Å²) in [5.41, 5.74) is 6.35. The summed E-state index contributed by atoms with van der Waals surface area (Å²) in [4.78, 5) is 25.6. The number of nitrogens with zero attached hydrogens (tertiary/aromatic N) is 1. The molecular weight excluding hydrogens is 318 g/mol. The molecule has 4 nitrogen and oxygen atoms in total. The number of halogens is 3. The third-order valence-electron chi connectivity index (χ3n) is 3.17. The van der Waals surface area contributed by atoms with E-state index in [4.69, 9.17) is 28.9 Å². The standard InChI is InChI=1S/C14H7Cl2FN2O2/c15-8-4-6(5-9(16)12(8)17)19-13(20)7-2-1-3-10(18)11(7)14(19)21/h1-5H,18H2. The highest BCUT2D eigenvalue weighted by atomic mass is 35.5.